The molecule has 4 N–H and O–H groups in total. The number of nitrogen functional groups attached to an aromatic ring is 1. The van der Waals surface area contributed by atoms with Gasteiger partial charge in [0.1, 0.15) is 5.75 Å². The van der Waals surface area contributed by atoms with Gasteiger partial charge in [0.05, 0.1) is 21.2 Å². The summed E-state index contributed by atoms with van der Waals surface area (Å²) in [5.74, 6) is -0.717. The van der Waals surface area contributed by atoms with Gasteiger partial charge in [-0.25, -0.2) is 5.43 Å². The third kappa shape index (κ3) is 4.30. The molecule has 2 aromatic rings. The maximum Gasteiger partial charge on any atom is 0.272 e. The summed E-state index contributed by atoms with van der Waals surface area (Å²) in [5, 5.41) is 24.4. The number of benzene rings is 2. The number of aromatic hydroxyl groups is 1. The Kier molecular flexibility index (Phi) is 5.52. The van der Waals surface area contributed by atoms with E-state index in [0.29, 0.717) is 14.5 Å². The van der Waals surface area contributed by atoms with Crippen LogP contribution < -0.4 is 11.2 Å². The average Bonchev–Trinajstić information content (AvgIpc) is 2.51. The van der Waals surface area contributed by atoms with Crippen LogP contribution in [-0.2, 0) is 0 Å². The number of phenols is 1. The van der Waals surface area contributed by atoms with Crippen molar-refractivity contribution in [1.82, 2.24) is 5.43 Å². The molecule has 8 nitrogen and oxygen atoms in total. The quantitative estimate of drug-likeness (QED) is 0.281. The average molecular weight is 458 g/mol. The highest BCUT2D eigenvalue weighted by atomic mass is 79.9. The first-order valence-electron chi connectivity index (χ1n) is 6.34. The molecule has 124 valence electrons. The highest BCUT2D eigenvalue weighted by molar-refractivity contribution is 9.11. The van der Waals surface area contributed by atoms with Gasteiger partial charge >= 0.3 is 0 Å². The number of hydrogen-bond donors (Lipinski definition) is 3. The maximum absolute atomic E-state index is 12.0. The van der Waals surface area contributed by atoms with Crippen molar-refractivity contribution >= 4 is 55.4 Å². The summed E-state index contributed by atoms with van der Waals surface area (Å²) in [7, 11) is 0. The Labute approximate surface area is 152 Å². The summed E-state index contributed by atoms with van der Waals surface area (Å²) in [5.41, 5.74) is 7.91. The Balaban J connectivity index is 2.18. The summed E-state index contributed by atoms with van der Waals surface area (Å²) in [6.45, 7) is 0. The molecule has 0 aliphatic rings. The lowest BCUT2D eigenvalue weighted by atomic mass is 10.1. The number of phenolic OH excluding ortho intramolecular Hbond substituents is 1. The van der Waals surface area contributed by atoms with Gasteiger partial charge in [0.2, 0.25) is 0 Å². The molecule has 0 unspecified atom stereocenters. The van der Waals surface area contributed by atoms with E-state index in [0.717, 1.165) is 12.1 Å². The van der Waals surface area contributed by atoms with Crippen molar-refractivity contribution in [3.05, 3.63) is 60.5 Å². The zero-order chi connectivity index (χ0) is 17.9. The van der Waals surface area contributed by atoms with Gasteiger partial charge in [-0.1, -0.05) is 15.9 Å². The third-order valence-electron chi connectivity index (χ3n) is 2.84. The van der Waals surface area contributed by atoms with Crippen LogP contribution in [-0.4, -0.2) is 22.2 Å². The fourth-order valence-corrected chi connectivity index (χ4v) is 3.04. The largest absolute Gasteiger partial charge is 0.506 e. The van der Waals surface area contributed by atoms with Crippen molar-refractivity contribution in [2.45, 2.75) is 0 Å². The summed E-state index contributed by atoms with van der Waals surface area (Å²) in [6, 6.07) is 6.79. The van der Waals surface area contributed by atoms with E-state index in [9.17, 15) is 20.0 Å². The fraction of sp³-hybridized carbons (Fsp3) is 0. The van der Waals surface area contributed by atoms with Gasteiger partial charge in [-0.05, 0) is 34.1 Å². The predicted molar refractivity (Wildman–Crippen MR) is 96.1 cm³/mol. The maximum atomic E-state index is 12.0. The first-order chi connectivity index (χ1) is 11.3. The standard InChI is InChI=1S/C14H10Br2N4O4/c15-9-1-8(13(21)12(16)4-9)6-18-19-14(22)7-2-10(17)5-11(3-7)20(23)24/h1-6,21H,17H2,(H,19,22). The van der Waals surface area contributed by atoms with Gasteiger partial charge < -0.3 is 10.8 Å². The number of rotatable bonds is 4. The Hall–Kier alpha value is -2.46. The van der Waals surface area contributed by atoms with Crippen molar-refractivity contribution < 1.29 is 14.8 Å². The van der Waals surface area contributed by atoms with Gasteiger partial charge in [-0.3, -0.25) is 14.9 Å². The Morgan fingerprint density at radius 2 is 2.00 bits per heavy atom. The molecule has 1 amide bonds. The number of amides is 1. The summed E-state index contributed by atoms with van der Waals surface area (Å²) in [4.78, 5) is 22.1. The Morgan fingerprint density at radius 3 is 2.67 bits per heavy atom. The lowest BCUT2D eigenvalue weighted by Gasteiger charge is -2.04. The third-order valence-corrected chi connectivity index (χ3v) is 3.90. The van der Waals surface area contributed by atoms with E-state index < -0.39 is 10.8 Å². The molecule has 0 aliphatic carbocycles. The number of hydrogen-bond acceptors (Lipinski definition) is 6. The van der Waals surface area contributed by atoms with Crippen LogP contribution in [0.25, 0.3) is 0 Å². The van der Waals surface area contributed by atoms with Crippen LogP contribution in [0.3, 0.4) is 0 Å². The second kappa shape index (κ2) is 7.41. The van der Waals surface area contributed by atoms with E-state index in [-0.39, 0.29) is 22.7 Å². The zero-order valence-corrected chi connectivity index (χ0v) is 15.0. The molecule has 0 atom stereocenters. The van der Waals surface area contributed by atoms with Gasteiger partial charge in [-0.15, -0.1) is 0 Å². The fourth-order valence-electron chi connectivity index (χ4n) is 1.78. The van der Waals surface area contributed by atoms with Crippen molar-refractivity contribution in [3.63, 3.8) is 0 Å². The number of nitrogens with one attached hydrogen (secondary N) is 1. The van der Waals surface area contributed by atoms with Crippen molar-refractivity contribution in [1.29, 1.82) is 0 Å². The first kappa shape index (κ1) is 17.9. The number of nitrogens with zero attached hydrogens (tertiary/aromatic N) is 2. The molecule has 0 fully saturated rings. The number of halogens is 2. The normalized spacial score (nSPS) is 10.8. The number of anilines is 1. The smallest absolute Gasteiger partial charge is 0.272 e. The molecule has 2 rings (SSSR count). The van der Waals surface area contributed by atoms with Crippen molar-refractivity contribution in [3.8, 4) is 5.75 Å². The van der Waals surface area contributed by atoms with Crippen LogP contribution in [0.5, 0.6) is 5.75 Å². The van der Waals surface area contributed by atoms with Gasteiger partial charge in [0.15, 0.2) is 0 Å². The summed E-state index contributed by atoms with van der Waals surface area (Å²) in [6.07, 6.45) is 1.24. The number of hydrazone groups is 1. The molecule has 0 saturated heterocycles. The number of nitrogens with two attached hydrogens (primary N) is 1. The molecule has 0 saturated carbocycles. The Bertz CT molecular complexity index is 855. The van der Waals surface area contributed by atoms with Crippen LogP contribution in [0.2, 0.25) is 0 Å². The Morgan fingerprint density at radius 1 is 1.29 bits per heavy atom. The number of carbonyl (C=O) groups excluding carboxylic acids is 1. The molecule has 0 aliphatic heterocycles. The highest BCUT2D eigenvalue weighted by Crippen LogP contribution is 2.30. The zero-order valence-electron chi connectivity index (χ0n) is 11.9. The minimum atomic E-state index is -0.671. The lowest BCUT2D eigenvalue weighted by molar-refractivity contribution is -0.384. The molecular weight excluding hydrogens is 448 g/mol. The predicted octanol–water partition coefficient (Wildman–Crippen LogP) is 3.17. The van der Waals surface area contributed by atoms with Crippen molar-refractivity contribution in [2.24, 2.45) is 5.10 Å². The molecular formula is C14H10Br2N4O4. The van der Waals surface area contributed by atoms with Crippen LogP contribution in [0.4, 0.5) is 11.4 Å². The second-order valence-corrected chi connectivity index (χ2v) is 6.36. The monoisotopic (exact) mass is 456 g/mol. The molecule has 0 radical (unpaired) electrons. The van der Waals surface area contributed by atoms with Crippen molar-refractivity contribution in [2.75, 3.05) is 5.73 Å². The molecule has 0 aromatic heterocycles. The van der Waals surface area contributed by atoms with E-state index in [1.807, 2.05) is 0 Å². The molecule has 0 spiro atoms. The van der Waals surface area contributed by atoms with E-state index >= 15 is 0 Å². The molecule has 24 heavy (non-hydrogen) atoms. The lowest BCUT2D eigenvalue weighted by Crippen LogP contribution is -2.18. The molecule has 0 bridgehead atoms. The first-order valence-corrected chi connectivity index (χ1v) is 7.93. The van der Waals surface area contributed by atoms with Crippen LogP contribution in [0, 0.1) is 10.1 Å². The summed E-state index contributed by atoms with van der Waals surface area (Å²) < 4.78 is 1.16. The van der Waals surface area contributed by atoms with Gasteiger partial charge in [0, 0.05) is 27.9 Å². The minimum Gasteiger partial charge on any atom is -0.506 e. The number of carbonyl (C=O) groups is 1. The number of nitro benzene ring substituents is 1. The number of nitro groups is 1. The number of non-ortho nitro benzene ring substituents is 1. The SMILES string of the molecule is Nc1cc(C(=O)NN=Cc2cc(Br)cc(Br)c2O)cc([N+](=O)[O-])c1. The van der Waals surface area contributed by atoms with Crippen LogP contribution in [0.1, 0.15) is 15.9 Å². The van der Waals surface area contributed by atoms with E-state index in [1.54, 1.807) is 12.1 Å². The van der Waals surface area contributed by atoms with E-state index in [4.69, 9.17) is 5.73 Å². The molecule has 0 heterocycles. The summed E-state index contributed by atoms with van der Waals surface area (Å²) >= 11 is 6.44. The van der Waals surface area contributed by atoms with Crippen LogP contribution >= 0.6 is 31.9 Å². The topological polar surface area (TPSA) is 131 Å². The second-order valence-electron chi connectivity index (χ2n) is 4.59. The highest BCUT2D eigenvalue weighted by Gasteiger charge is 2.13. The van der Waals surface area contributed by atoms with E-state index in [2.05, 4.69) is 42.4 Å². The molecule has 2 aromatic carbocycles. The van der Waals surface area contributed by atoms with Gasteiger partial charge in [-0.2, -0.15) is 5.10 Å². The molecule has 10 heteroatoms. The van der Waals surface area contributed by atoms with Crippen LogP contribution in [0.15, 0.2) is 44.4 Å². The minimum absolute atomic E-state index is 0.00139. The van der Waals surface area contributed by atoms with Gasteiger partial charge in [0.25, 0.3) is 11.6 Å². The van der Waals surface area contributed by atoms with E-state index in [1.165, 1.54) is 12.3 Å².